The maximum absolute atomic E-state index is 11.7. The molecule has 0 bridgehead atoms. The Labute approximate surface area is 110 Å². The minimum Gasteiger partial charge on any atom is -0.468 e. The van der Waals surface area contributed by atoms with Gasteiger partial charge in [-0.3, -0.25) is 9.69 Å². The molecule has 0 unspecified atom stereocenters. The Balaban J connectivity index is 2.10. The highest BCUT2D eigenvalue weighted by atomic mass is 32.1. The highest BCUT2D eigenvalue weighted by Gasteiger charge is 2.36. The zero-order valence-corrected chi connectivity index (χ0v) is 11.4. The Bertz CT molecular complexity index is 421. The van der Waals surface area contributed by atoms with Crippen LogP contribution in [0.5, 0.6) is 0 Å². The lowest BCUT2D eigenvalue weighted by atomic mass is 9.99. The molecule has 6 heteroatoms. The van der Waals surface area contributed by atoms with E-state index in [2.05, 4.69) is 4.98 Å². The summed E-state index contributed by atoms with van der Waals surface area (Å²) in [5.74, 6) is -0.365. The van der Waals surface area contributed by atoms with Crippen LogP contribution < -0.4 is 0 Å². The second-order valence-electron chi connectivity index (χ2n) is 4.53. The lowest BCUT2D eigenvalue weighted by molar-refractivity contribution is -0.154. The van der Waals surface area contributed by atoms with Crippen LogP contribution in [-0.4, -0.2) is 46.8 Å². The number of aliphatic hydroxyl groups excluding tert-OH is 1. The number of carbonyl (C=O) groups excluding carboxylic acids is 1. The number of likely N-dealkylation sites (tertiary alicyclic amines) is 1. The minimum atomic E-state index is -0.646. The molecule has 1 saturated heterocycles. The van der Waals surface area contributed by atoms with E-state index in [-0.39, 0.29) is 5.97 Å². The molecule has 0 amide bonds. The molecule has 2 rings (SSSR count). The molecule has 1 aromatic heterocycles. The number of hydrogen-bond donors (Lipinski definition) is 1. The third kappa shape index (κ3) is 2.88. The minimum absolute atomic E-state index is 0.365. The number of nitrogens with zero attached hydrogens (tertiary/aromatic N) is 2. The van der Waals surface area contributed by atoms with Gasteiger partial charge in [0.1, 0.15) is 11.0 Å². The molecule has 2 atom stereocenters. The van der Waals surface area contributed by atoms with E-state index in [1.807, 2.05) is 17.2 Å². The average molecular weight is 270 g/mol. The topological polar surface area (TPSA) is 62.7 Å². The molecule has 0 saturated carbocycles. The summed E-state index contributed by atoms with van der Waals surface area (Å²) < 4.78 is 4.78. The second kappa shape index (κ2) is 5.77. The summed E-state index contributed by atoms with van der Waals surface area (Å²) in [6, 6.07) is -0.562. The van der Waals surface area contributed by atoms with Crippen molar-refractivity contribution in [3.63, 3.8) is 0 Å². The fourth-order valence-corrected chi connectivity index (χ4v) is 3.09. The number of aryl methyl sites for hydroxylation is 1. The van der Waals surface area contributed by atoms with Gasteiger partial charge in [0.2, 0.25) is 0 Å². The van der Waals surface area contributed by atoms with Crippen LogP contribution in [0.2, 0.25) is 0 Å². The summed E-state index contributed by atoms with van der Waals surface area (Å²) in [7, 11) is 1.36. The Morgan fingerprint density at radius 2 is 2.50 bits per heavy atom. The van der Waals surface area contributed by atoms with Crippen molar-refractivity contribution < 1.29 is 14.6 Å². The van der Waals surface area contributed by atoms with E-state index < -0.39 is 12.1 Å². The van der Waals surface area contributed by atoms with Gasteiger partial charge in [0.05, 0.1) is 19.8 Å². The molecule has 1 N–H and O–H groups in total. The number of ether oxygens (including phenoxy) is 1. The Morgan fingerprint density at radius 1 is 1.72 bits per heavy atom. The number of aliphatic hydroxyl groups is 1. The number of esters is 1. The van der Waals surface area contributed by atoms with Crippen LogP contribution in [-0.2, 0) is 16.1 Å². The van der Waals surface area contributed by atoms with Gasteiger partial charge in [-0.25, -0.2) is 4.98 Å². The van der Waals surface area contributed by atoms with Gasteiger partial charge < -0.3 is 9.84 Å². The first-order chi connectivity index (χ1) is 8.61. The monoisotopic (exact) mass is 270 g/mol. The maximum atomic E-state index is 11.7. The lowest BCUT2D eigenvalue weighted by Crippen LogP contribution is -2.52. The number of aromatic nitrogens is 1. The van der Waals surface area contributed by atoms with E-state index in [4.69, 9.17) is 4.74 Å². The van der Waals surface area contributed by atoms with E-state index in [1.54, 1.807) is 11.3 Å². The van der Waals surface area contributed by atoms with Crippen LogP contribution in [0.1, 0.15) is 23.5 Å². The lowest BCUT2D eigenvalue weighted by Gasteiger charge is -2.36. The molecule has 0 radical (unpaired) electrons. The number of rotatable bonds is 3. The van der Waals surface area contributed by atoms with E-state index >= 15 is 0 Å². The SMILES string of the molecule is COC(=O)[C@H]1[C@@H](O)CCCN1Cc1nc(C)cs1. The van der Waals surface area contributed by atoms with E-state index in [1.165, 1.54) is 7.11 Å². The van der Waals surface area contributed by atoms with Crippen molar-refractivity contribution in [2.75, 3.05) is 13.7 Å². The number of carbonyl (C=O) groups is 1. The van der Waals surface area contributed by atoms with Gasteiger partial charge in [-0.05, 0) is 26.3 Å². The van der Waals surface area contributed by atoms with Gasteiger partial charge >= 0.3 is 5.97 Å². The third-order valence-electron chi connectivity index (χ3n) is 3.15. The smallest absolute Gasteiger partial charge is 0.325 e. The Kier molecular flexibility index (Phi) is 4.31. The first-order valence-electron chi connectivity index (χ1n) is 6.02. The quantitative estimate of drug-likeness (QED) is 0.829. The first-order valence-corrected chi connectivity index (χ1v) is 6.90. The molecule has 0 spiro atoms. The van der Waals surface area contributed by atoms with Crippen molar-refractivity contribution in [3.05, 3.63) is 16.1 Å². The van der Waals surface area contributed by atoms with Gasteiger partial charge in [-0.1, -0.05) is 0 Å². The van der Waals surface area contributed by atoms with E-state index in [0.717, 1.165) is 23.7 Å². The fraction of sp³-hybridized carbons (Fsp3) is 0.667. The third-order valence-corrected chi connectivity index (χ3v) is 4.10. The highest BCUT2D eigenvalue weighted by Crippen LogP contribution is 2.22. The maximum Gasteiger partial charge on any atom is 0.325 e. The number of hydrogen-bond acceptors (Lipinski definition) is 6. The highest BCUT2D eigenvalue weighted by molar-refractivity contribution is 7.09. The van der Waals surface area contributed by atoms with Gasteiger partial charge in [0.25, 0.3) is 0 Å². The van der Waals surface area contributed by atoms with Crippen molar-refractivity contribution in [2.45, 2.75) is 38.5 Å². The van der Waals surface area contributed by atoms with E-state index in [9.17, 15) is 9.90 Å². The number of piperidine rings is 1. The molecule has 1 aliphatic rings. The van der Waals surface area contributed by atoms with Crippen LogP contribution in [0, 0.1) is 6.92 Å². The molecular formula is C12H18N2O3S. The molecule has 100 valence electrons. The Hall–Kier alpha value is -0.980. The molecule has 1 aliphatic heterocycles. The standard InChI is InChI=1S/C12H18N2O3S/c1-8-7-18-10(13-8)6-14-5-3-4-9(15)11(14)12(16)17-2/h7,9,11,15H,3-6H2,1-2H3/t9-,11+/m0/s1. The van der Waals surface area contributed by atoms with Crippen molar-refractivity contribution in [2.24, 2.45) is 0 Å². The van der Waals surface area contributed by atoms with Crippen LogP contribution >= 0.6 is 11.3 Å². The molecular weight excluding hydrogens is 252 g/mol. The summed E-state index contributed by atoms with van der Waals surface area (Å²) in [6.45, 7) is 3.33. The van der Waals surface area contributed by atoms with Crippen molar-refractivity contribution in [1.82, 2.24) is 9.88 Å². The normalized spacial score (nSPS) is 25.1. The van der Waals surface area contributed by atoms with Crippen LogP contribution in [0.4, 0.5) is 0 Å². The summed E-state index contributed by atoms with van der Waals surface area (Å²) in [5.41, 5.74) is 0.988. The van der Waals surface area contributed by atoms with Crippen LogP contribution in [0.3, 0.4) is 0 Å². The molecule has 0 aliphatic carbocycles. The van der Waals surface area contributed by atoms with Crippen LogP contribution in [0.15, 0.2) is 5.38 Å². The summed E-state index contributed by atoms with van der Waals surface area (Å²) in [5, 5.41) is 12.9. The Morgan fingerprint density at radius 3 is 3.11 bits per heavy atom. The molecule has 2 heterocycles. The van der Waals surface area contributed by atoms with Crippen LogP contribution in [0.25, 0.3) is 0 Å². The van der Waals surface area contributed by atoms with Crippen molar-refractivity contribution >= 4 is 17.3 Å². The predicted molar refractivity (Wildman–Crippen MR) is 68.3 cm³/mol. The zero-order valence-electron chi connectivity index (χ0n) is 10.6. The fourth-order valence-electron chi connectivity index (χ4n) is 2.30. The summed E-state index contributed by atoms with van der Waals surface area (Å²) >= 11 is 1.58. The largest absolute Gasteiger partial charge is 0.468 e. The second-order valence-corrected chi connectivity index (χ2v) is 5.47. The average Bonchev–Trinajstić information content (AvgIpc) is 2.74. The van der Waals surface area contributed by atoms with Gasteiger partial charge in [-0.2, -0.15) is 0 Å². The molecule has 1 aromatic rings. The molecule has 0 aromatic carbocycles. The summed E-state index contributed by atoms with van der Waals surface area (Å²) in [4.78, 5) is 18.1. The zero-order chi connectivity index (χ0) is 13.1. The van der Waals surface area contributed by atoms with Gasteiger partial charge in [0, 0.05) is 11.1 Å². The molecule has 18 heavy (non-hydrogen) atoms. The van der Waals surface area contributed by atoms with Crippen molar-refractivity contribution in [3.8, 4) is 0 Å². The summed E-state index contributed by atoms with van der Waals surface area (Å²) in [6.07, 6.45) is 0.888. The predicted octanol–water partition coefficient (Wildman–Crippen LogP) is 0.950. The van der Waals surface area contributed by atoms with Gasteiger partial charge in [-0.15, -0.1) is 11.3 Å². The first kappa shape index (κ1) is 13.5. The molecule has 1 fully saturated rings. The van der Waals surface area contributed by atoms with E-state index in [0.29, 0.717) is 13.0 Å². The van der Waals surface area contributed by atoms with Crippen molar-refractivity contribution in [1.29, 1.82) is 0 Å². The van der Waals surface area contributed by atoms with Gasteiger partial charge in [0.15, 0.2) is 0 Å². The number of thiazole rings is 1. The molecule has 5 nitrogen and oxygen atoms in total. The number of methoxy groups -OCH3 is 1.